The zero-order valence-electron chi connectivity index (χ0n) is 13.6. The molecule has 0 atom stereocenters. The maximum atomic E-state index is 12.6. The summed E-state index contributed by atoms with van der Waals surface area (Å²) in [5.74, 6) is 0.825. The number of carbonyl (C=O) groups excluding carboxylic acids is 1. The monoisotopic (exact) mass is 360 g/mol. The number of nitrogens with two attached hydrogens (primary N) is 1. The maximum Gasteiger partial charge on any atom is 0.259 e. The van der Waals surface area contributed by atoms with Gasteiger partial charge >= 0.3 is 0 Å². The number of methoxy groups -OCH3 is 2. The standard InChI is InChI=1S/C16H16N4O4S/c1-22-10-4-3-9(11(7-10)23-2)8-19-15(21)12-13(20-24-14(12)17)16-18-5-6-25-16/h3-7H,8,17H2,1-2H3,(H,19,21). The number of amides is 1. The number of hydrogen-bond acceptors (Lipinski definition) is 8. The van der Waals surface area contributed by atoms with Gasteiger partial charge in [0.25, 0.3) is 5.91 Å². The van der Waals surface area contributed by atoms with Gasteiger partial charge in [-0.3, -0.25) is 4.79 Å². The first kappa shape index (κ1) is 16.8. The van der Waals surface area contributed by atoms with Gasteiger partial charge in [-0.25, -0.2) is 4.98 Å². The Bertz CT molecular complexity index is 876. The Balaban J connectivity index is 1.79. The quantitative estimate of drug-likeness (QED) is 0.693. The van der Waals surface area contributed by atoms with Crippen LogP contribution in [0.25, 0.3) is 10.7 Å². The molecule has 3 N–H and O–H groups in total. The number of nitrogens with zero attached hydrogens (tertiary/aromatic N) is 2. The van der Waals surface area contributed by atoms with E-state index in [0.29, 0.717) is 22.2 Å². The molecular formula is C16H16N4O4S. The highest BCUT2D eigenvalue weighted by Crippen LogP contribution is 2.29. The van der Waals surface area contributed by atoms with Crippen molar-refractivity contribution >= 4 is 23.1 Å². The van der Waals surface area contributed by atoms with Crippen molar-refractivity contribution in [3.05, 3.63) is 40.9 Å². The first-order valence-corrected chi connectivity index (χ1v) is 8.16. The number of thiazole rings is 1. The molecule has 3 rings (SSSR count). The molecule has 2 aromatic heterocycles. The van der Waals surface area contributed by atoms with Crippen LogP contribution >= 0.6 is 11.3 Å². The fourth-order valence-electron chi connectivity index (χ4n) is 2.27. The molecule has 8 nitrogen and oxygen atoms in total. The van der Waals surface area contributed by atoms with E-state index in [2.05, 4.69) is 15.5 Å². The van der Waals surface area contributed by atoms with Gasteiger partial charge in [0, 0.05) is 29.8 Å². The number of rotatable bonds is 6. The Morgan fingerprint density at radius 1 is 1.36 bits per heavy atom. The lowest BCUT2D eigenvalue weighted by atomic mass is 10.1. The molecule has 9 heteroatoms. The number of nitrogens with one attached hydrogen (secondary N) is 1. The molecule has 1 amide bonds. The third-order valence-electron chi connectivity index (χ3n) is 3.51. The number of carbonyl (C=O) groups is 1. The Morgan fingerprint density at radius 2 is 2.20 bits per heavy atom. The van der Waals surface area contributed by atoms with Gasteiger partial charge in [-0.05, 0) is 12.1 Å². The van der Waals surface area contributed by atoms with Crippen molar-refractivity contribution in [2.24, 2.45) is 0 Å². The van der Waals surface area contributed by atoms with E-state index in [9.17, 15) is 4.79 Å². The van der Waals surface area contributed by atoms with Crippen LogP contribution in [0.1, 0.15) is 15.9 Å². The van der Waals surface area contributed by atoms with Gasteiger partial charge in [0.15, 0.2) is 5.69 Å². The summed E-state index contributed by atoms with van der Waals surface area (Å²) in [7, 11) is 3.13. The van der Waals surface area contributed by atoms with Crippen LogP contribution in [0.4, 0.5) is 5.88 Å². The molecule has 0 saturated carbocycles. The summed E-state index contributed by atoms with van der Waals surface area (Å²) < 4.78 is 15.4. The number of nitrogen functional groups attached to an aromatic ring is 1. The van der Waals surface area contributed by atoms with Crippen molar-refractivity contribution < 1.29 is 18.8 Å². The van der Waals surface area contributed by atoms with Gasteiger partial charge in [0.1, 0.15) is 22.1 Å². The molecule has 0 spiro atoms. The molecule has 3 aromatic rings. The van der Waals surface area contributed by atoms with Gasteiger partial charge in [0.2, 0.25) is 5.88 Å². The third-order valence-corrected chi connectivity index (χ3v) is 4.29. The van der Waals surface area contributed by atoms with Crippen molar-refractivity contribution in [2.75, 3.05) is 20.0 Å². The molecule has 0 unspecified atom stereocenters. The van der Waals surface area contributed by atoms with E-state index in [1.165, 1.54) is 11.3 Å². The lowest BCUT2D eigenvalue weighted by Gasteiger charge is -2.11. The smallest absolute Gasteiger partial charge is 0.259 e. The molecule has 0 radical (unpaired) electrons. The topological polar surface area (TPSA) is 112 Å². The van der Waals surface area contributed by atoms with Gasteiger partial charge in [-0.15, -0.1) is 11.3 Å². The lowest BCUT2D eigenvalue weighted by Crippen LogP contribution is -2.24. The van der Waals surface area contributed by atoms with E-state index in [1.54, 1.807) is 37.9 Å². The van der Waals surface area contributed by atoms with Crippen molar-refractivity contribution in [1.82, 2.24) is 15.5 Å². The molecule has 0 bridgehead atoms. The zero-order chi connectivity index (χ0) is 17.8. The first-order chi connectivity index (χ1) is 12.1. The second-order valence-electron chi connectivity index (χ2n) is 4.97. The molecule has 130 valence electrons. The minimum absolute atomic E-state index is 0.0515. The van der Waals surface area contributed by atoms with Crippen LogP contribution in [0.5, 0.6) is 11.5 Å². The number of benzene rings is 1. The summed E-state index contributed by atoms with van der Waals surface area (Å²) >= 11 is 1.34. The van der Waals surface area contributed by atoms with Crippen LogP contribution in [0.3, 0.4) is 0 Å². The summed E-state index contributed by atoms with van der Waals surface area (Å²) in [4.78, 5) is 16.7. The zero-order valence-corrected chi connectivity index (χ0v) is 14.4. The minimum Gasteiger partial charge on any atom is -0.497 e. The summed E-state index contributed by atoms with van der Waals surface area (Å²) in [5.41, 5.74) is 7.05. The lowest BCUT2D eigenvalue weighted by molar-refractivity contribution is 0.0952. The Morgan fingerprint density at radius 3 is 2.88 bits per heavy atom. The predicted molar refractivity (Wildman–Crippen MR) is 92.7 cm³/mol. The Labute approximate surface area is 147 Å². The van der Waals surface area contributed by atoms with Gasteiger partial charge in [-0.2, -0.15) is 0 Å². The fourth-order valence-corrected chi connectivity index (χ4v) is 2.89. The highest BCUT2D eigenvalue weighted by Gasteiger charge is 2.24. The van der Waals surface area contributed by atoms with E-state index < -0.39 is 5.91 Å². The van der Waals surface area contributed by atoms with Gasteiger partial charge < -0.3 is 25.0 Å². The predicted octanol–water partition coefficient (Wildman–Crippen LogP) is 2.33. The number of ether oxygens (including phenoxy) is 2. The summed E-state index contributed by atoms with van der Waals surface area (Å²) in [6.45, 7) is 0.244. The highest BCUT2D eigenvalue weighted by molar-refractivity contribution is 7.13. The second-order valence-corrected chi connectivity index (χ2v) is 5.86. The molecule has 1 aromatic carbocycles. The minimum atomic E-state index is -0.401. The summed E-state index contributed by atoms with van der Waals surface area (Å²) in [5, 5.41) is 8.97. The third kappa shape index (κ3) is 3.41. The second kappa shape index (κ2) is 7.22. The van der Waals surface area contributed by atoms with Crippen molar-refractivity contribution in [1.29, 1.82) is 0 Å². The molecule has 0 saturated heterocycles. The van der Waals surface area contributed by atoms with Crippen LogP contribution in [-0.4, -0.2) is 30.3 Å². The Kier molecular flexibility index (Phi) is 4.85. The van der Waals surface area contributed by atoms with E-state index >= 15 is 0 Å². The van der Waals surface area contributed by atoms with E-state index in [0.717, 1.165) is 5.56 Å². The average Bonchev–Trinajstić information content (AvgIpc) is 3.28. The maximum absolute atomic E-state index is 12.6. The van der Waals surface area contributed by atoms with Crippen LogP contribution in [0.2, 0.25) is 0 Å². The average molecular weight is 360 g/mol. The van der Waals surface area contributed by atoms with Crippen LogP contribution in [0.15, 0.2) is 34.3 Å². The number of hydrogen-bond donors (Lipinski definition) is 2. The number of anilines is 1. The fraction of sp³-hybridized carbons (Fsp3) is 0.188. The molecule has 0 aliphatic carbocycles. The molecule has 0 aliphatic heterocycles. The van der Waals surface area contributed by atoms with E-state index in [1.807, 2.05) is 6.07 Å². The van der Waals surface area contributed by atoms with Gasteiger partial charge in [-0.1, -0.05) is 5.16 Å². The first-order valence-electron chi connectivity index (χ1n) is 7.28. The molecule has 0 fully saturated rings. The normalized spacial score (nSPS) is 10.5. The molecule has 25 heavy (non-hydrogen) atoms. The highest BCUT2D eigenvalue weighted by atomic mass is 32.1. The molecule has 0 aliphatic rings. The van der Waals surface area contributed by atoms with E-state index in [-0.39, 0.29) is 18.0 Å². The van der Waals surface area contributed by atoms with Crippen LogP contribution in [0, 0.1) is 0 Å². The van der Waals surface area contributed by atoms with E-state index in [4.69, 9.17) is 19.7 Å². The van der Waals surface area contributed by atoms with Crippen molar-refractivity contribution in [3.63, 3.8) is 0 Å². The van der Waals surface area contributed by atoms with Crippen LogP contribution < -0.4 is 20.5 Å². The molecule has 2 heterocycles. The SMILES string of the molecule is COc1ccc(CNC(=O)c2c(-c3nccs3)noc2N)c(OC)c1. The largest absolute Gasteiger partial charge is 0.497 e. The Hall–Kier alpha value is -3.07. The van der Waals surface area contributed by atoms with Crippen LogP contribution in [-0.2, 0) is 6.54 Å². The van der Waals surface area contributed by atoms with Gasteiger partial charge in [0.05, 0.1) is 14.2 Å². The van der Waals surface area contributed by atoms with Crippen molar-refractivity contribution in [3.8, 4) is 22.2 Å². The molecular weight excluding hydrogens is 344 g/mol. The summed E-state index contributed by atoms with van der Waals surface area (Å²) in [6.07, 6.45) is 1.62. The van der Waals surface area contributed by atoms with Crippen molar-refractivity contribution in [2.45, 2.75) is 6.54 Å². The summed E-state index contributed by atoms with van der Waals surface area (Å²) in [6, 6.07) is 5.35. The number of aromatic nitrogens is 2.